The number of ether oxygens (including phenoxy) is 2. The molecule has 0 fully saturated rings. The molecule has 6 rings (SSSR count). The van der Waals surface area contributed by atoms with E-state index >= 15 is 0 Å². The predicted molar refractivity (Wildman–Crippen MR) is 260 cm³/mol. The summed E-state index contributed by atoms with van der Waals surface area (Å²) in [5, 5.41) is 1.02. The van der Waals surface area contributed by atoms with Gasteiger partial charge in [0.25, 0.3) is 5.78 Å². The first-order valence-corrected chi connectivity index (χ1v) is 20.9. The maximum Gasteiger partial charge on any atom is 0.376 e. The van der Waals surface area contributed by atoms with Crippen LogP contribution in [-0.4, -0.2) is 29.0 Å². The number of nitrogens with one attached hydrogen (secondary N) is 1. The second-order valence-corrected chi connectivity index (χ2v) is 15.0. The number of ketones is 1. The van der Waals surface area contributed by atoms with E-state index in [9.17, 15) is 9.59 Å². The summed E-state index contributed by atoms with van der Waals surface area (Å²) >= 11 is 0. The van der Waals surface area contributed by atoms with Crippen LogP contribution in [0.1, 0.15) is 54.0 Å². The fraction of sp³-hybridized carbons (Fsp3) is 0.167. The van der Waals surface area contributed by atoms with Gasteiger partial charge < -0.3 is 14.0 Å². The fourth-order valence-electron chi connectivity index (χ4n) is 7.04. The number of hydrogen-bond donors (Lipinski definition) is 1. The van der Waals surface area contributed by atoms with Crippen molar-refractivity contribution in [1.29, 1.82) is 0 Å². The van der Waals surface area contributed by atoms with Crippen LogP contribution in [0.2, 0.25) is 0 Å². The third-order valence-corrected chi connectivity index (χ3v) is 9.75. The van der Waals surface area contributed by atoms with Gasteiger partial charge in [-0.3, -0.25) is 9.63 Å². The van der Waals surface area contributed by atoms with E-state index in [4.69, 9.17) is 20.7 Å². The number of Topliss-reactive ketones (excluding diaryl/α,β-unsaturated/α-hetero) is 1. The molecule has 67 heavy (non-hydrogen) atoms. The van der Waals surface area contributed by atoms with Gasteiger partial charge in [0.15, 0.2) is 0 Å². The Balaban J connectivity index is 0.970. The van der Waals surface area contributed by atoms with Gasteiger partial charge in [-0.1, -0.05) is 74.5 Å². The maximum atomic E-state index is 13.4. The van der Waals surface area contributed by atoms with E-state index in [2.05, 4.69) is 153 Å². The number of fused-ring (bicyclic) bond motifs is 4. The zero-order valence-electron chi connectivity index (χ0n) is 36.9. The van der Waals surface area contributed by atoms with E-state index in [0.29, 0.717) is 18.7 Å². The number of aryl methyl sites for hydroxylation is 1. The molecule has 0 aliphatic heterocycles. The van der Waals surface area contributed by atoms with Crippen LogP contribution < -0.4 is 10.2 Å². The molecule has 1 N–H and O–H groups in total. The first-order valence-electron chi connectivity index (χ1n) is 20.9. The van der Waals surface area contributed by atoms with Crippen LogP contribution in [-0.2, 0) is 32.3 Å². The van der Waals surface area contributed by atoms with Gasteiger partial charge in [-0.25, -0.2) is 4.79 Å². The van der Waals surface area contributed by atoms with Crippen LogP contribution in [0, 0.1) is 144 Å². The van der Waals surface area contributed by atoms with Gasteiger partial charge in [-0.05, 0) is 141 Å². The van der Waals surface area contributed by atoms with E-state index in [1.54, 1.807) is 0 Å². The van der Waals surface area contributed by atoms with Gasteiger partial charge in [-0.2, -0.15) is 5.48 Å². The zero-order valence-corrected chi connectivity index (χ0v) is 36.9. The van der Waals surface area contributed by atoms with Gasteiger partial charge in [0.2, 0.25) is 0 Å². The lowest BCUT2D eigenvalue weighted by Crippen LogP contribution is -2.42. The Kier molecular flexibility index (Phi) is 17.5. The topological polar surface area (TPSA) is 78.8 Å². The summed E-state index contributed by atoms with van der Waals surface area (Å²) in [4.78, 5) is 32.4. The SMILES string of the molecule is C#CC#CC#CC#CC#CC#CC#CC#CC#CC#CC#COc1cc(C)cc(Cn2ccc3cc(CON[C@@H](CC(C)C)C(=O)C(=O)OCC4c5ccccc5-c5ccccc54)ccc32)c1. The molecule has 1 aliphatic rings. The molecule has 7 nitrogen and oxygen atoms in total. The monoisotopic (exact) mass is 866 g/mol. The van der Waals surface area contributed by atoms with Crippen molar-refractivity contribution in [2.75, 3.05) is 6.61 Å². The standard InChI is InChI=1S/C60H38N2O5/c1-5-6-7-8-9-10-11-12-13-14-15-16-17-18-19-20-21-22-23-28-37-65-51-40-47(4)39-49(42-51)43-62-36-35-50-41-48(33-34-58(50)62)44-67-61-57(38-46(2)3)59(63)60(64)66-45-56-54-31-26-24-29-52(54)53-30-25-27-32-55(53)56/h1,24-27,29-36,39-42,46,56-57,61H,38,43-45H2,2-4H3/t57-/m0/s1. The quantitative estimate of drug-likeness (QED) is 0.0578. The normalized spacial score (nSPS) is 10.2. The zero-order chi connectivity index (χ0) is 47.1. The largest absolute Gasteiger partial charge is 0.459 e. The summed E-state index contributed by atoms with van der Waals surface area (Å²) in [6.45, 7) is 6.82. The Labute approximate surface area is 392 Å². The molecule has 0 unspecified atom stereocenters. The maximum absolute atomic E-state index is 13.4. The molecule has 0 spiro atoms. The highest BCUT2D eigenvalue weighted by atomic mass is 16.6. The van der Waals surface area contributed by atoms with Gasteiger partial charge in [0.1, 0.15) is 24.5 Å². The Morgan fingerprint density at radius 2 is 1.24 bits per heavy atom. The van der Waals surface area contributed by atoms with E-state index in [0.717, 1.165) is 49.8 Å². The van der Waals surface area contributed by atoms with Crippen LogP contribution in [0.5, 0.6) is 5.75 Å². The summed E-state index contributed by atoms with van der Waals surface area (Å²) in [7, 11) is 0. The molecule has 1 heterocycles. The second-order valence-electron chi connectivity index (χ2n) is 15.0. The molecule has 7 heteroatoms. The molecule has 1 atom stereocenters. The number of terminal acetylenes is 1. The number of aromatic nitrogens is 1. The fourth-order valence-corrected chi connectivity index (χ4v) is 7.04. The van der Waals surface area contributed by atoms with Gasteiger partial charge in [0, 0.05) is 95.2 Å². The van der Waals surface area contributed by atoms with Gasteiger partial charge >= 0.3 is 5.97 Å². The number of hydrogen-bond acceptors (Lipinski definition) is 6. The summed E-state index contributed by atoms with van der Waals surface area (Å²) in [6.07, 6.45) is 10.0. The molecule has 4 aromatic carbocycles. The third kappa shape index (κ3) is 14.2. The van der Waals surface area contributed by atoms with Crippen LogP contribution in [0.25, 0.3) is 22.0 Å². The average Bonchev–Trinajstić information content (AvgIpc) is 3.88. The lowest BCUT2D eigenvalue weighted by Gasteiger charge is -2.19. The van der Waals surface area contributed by atoms with E-state index in [1.165, 1.54) is 0 Å². The first kappa shape index (κ1) is 46.9. The van der Waals surface area contributed by atoms with Crippen LogP contribution in [0.3, 0.4) is 0 Å². The second kappa shape index (κ2) is 24.9. The number of hydroxylamine groups is 1. The van der Waals surface area contributed by atoms with E-state index < -0.39 is 17.8 Å². The van der Waals surface area contributed by atoms with Crippen molar-refractivity contribution in [3.05, 3.63) is 125 Å². The first-order chi connectivity index (χ1) is 32.8. The molecule has 0 amide bonds. The summed E-state index contributed by atoms with van der Waals surface area (Å²) < 4.78 is 13.5. The van der Waals surface area contributed by atoms with E-state index in [1.807, 2.05) is 99.8 Å². The molecule has 5 aromatic rings. The summed E-state index contributed by atoms with van der Waals surface area (Å²) in [5.74, 6) is 49.1. The highest BCUT2D eigenvalue weighted by Crippen LogP contribution is 2.44. The Morgan fingerprint density at radius 1 is 0.672 bits per heavy atom. The molecular weight excluding hydrogens is 829 g/mol. The Morgan fingerprint density at radius 3 is 1.82 bits per heavy atom. The molecule has 0 bridgehead atoms. The van der Waals surface area contributed by atoms with Crippen molar-refractivity contribution >= 4 is 22.7 Å². The number of esters is 1. The van der Waals surface area contributed by atoms with Crippen molar-refractivity contribution in [3.63, 3.8) is 0 Å². The Bertz CT molecular complexity index is 3400. The number of benzene rings is 4. The van der Waals surface area contributed by atoms with Crippen LogP contribution in [0.4, 0.5) is 0 Å². The smallest absolute Gasteiger partial charge is 0.376 e. The number of carbonyl (C=O) groups is 2. The molecule has 1 aromatic heterocycles. The minimum absolute atomic E-state index is 0.0732. The highest BCUT2D eigenvalue weighted by Gasteiger charge is 2.32. The van der Waals surface area contributed by atoms with Crippen LogP contribution >= 0.6 is 0 Å². The predicted octanol–water partition coefficient (Wildman–Crippen LogP) is 7.36. The third-order valence-electron chi connectivity index (χ3n) is 9.75. The average molecular weight is 867 g/mol. The Hall–Kier alpha value is -9.56. The number of nitrogens with zero attached hydrogens (tertiary/aromatic N) is 1. The molecule has 0 radical (unpaired) electrons. The van der Waals surface area contributed by atoms with Crippen molar-refractivity contribution in [2.45, 2.75) is 52.3 Å². The van der Waals surface area contributed by atoms with Crippen molar-refractivity contribution < 1.29 is 23.9 Å². The number of rotatable bonds is 13. The number of carbonyl (C=O) groups excluding carboxylic acids is 2. The minimum Gasteiger partial charge on any atom is -0.459 e. The van der Waals surface area contributed by atoms with Crippen molar-refractivity contribution in [1.82, 2.24) is 10.0 Å². The molecule has 1 aliphatic carbocycles. The van der Waals surface area contributed by atoms with Crippen molar-refractivity contribution in [3.8, 4) is 148 Å². The highest BCUT2D eigenvalue weighted by molar-refractivity contribution is 6.35. The van der Waals surface area contributed by atoms with Gasteiger partial charge in [-0.15, -0.1) is 6.42 Å². The molecule has 0 saturated heterocycles. The van der Waals surface area contributed by atoms with E-state index in [-0.39, 0.29) is 25.0 Å². The molecule has 318 valence electrons. The molecular formula is C60H38N2O5. The lowest BCUT2D eigenvalue weighted by molar-refractivity contribution is -0.157. The van der Waals surface area contributed by atoms with Crippen LogP contribution in [0.15, 0.2) is 97.2 Å². The summed E-state index contributed by atoms with van der Waals surface area (Å²) in [6, 6.07) is 29.3. The minimum atomic E-state index is -0.878. The molecule has 0 saturated carbocycles. The lowest BCUT2D eigenvalue weighted by atomic mass is 9.98. The van der Waals surface area contributed by atoms with Gasteiger partial charge in [0.05, 0.1) is 6.61 Å². The summed E-state index contributed by atoms with van der Waals surface area (Å²) in [5.41, 5.74) is 11.2. The van der Waals surface area contributed by atoms with Crippen molar-refractivity contribution in [2.24, 2.45) is 5.92 Å².